The zero-order chi connectivity index (χ0) is 23.8. The minimum atomic E-state index is -4.35. The van der Waals surface area contributed by atoms with E-state index in [0.717, 1.165) is 6.08 Å². The first-order valence-electron chi connectivity index (χ1n) is 10.9. The largest absolute Gasteiger partial charge is 0.486 e. The topological polar surface area (TPSA) is 80.1 Å². The van der Waals surface area contributed by atoms with Crippen LogP contribution in [0.4, 0.5) is 13.2 Å². The number of hydrogen-bond donors (Lipinski definition) is 0. The van der Waals surface area contributed by atoms with Crippen LogP contribution in [0.15, 0.2) is 45.3 Å². The molecule has 0 bridgehead atoms. The van der Waals surface area contributed by atoms with Gasteiger partial charge in [0.1, 0.15) is 12.0 Å². The van der Waals surface area contributed by atoms with Crippen molar-refractivity contribution in [2.24, 2.45) is 17.8 Å². The maximum absolute atomic E-state index is 12.9. The Kier molecular flexibility index (Phi) is 6.75. The van der Waals surface area contributed by atoms with Gasteiger partial charge in [0.05, 0.1) is 25.0 Å². The molecule has 2 unspecified atom stereocenters. The minimum absolute atomic E-state index is 0.0135. The van der Waals surface area contributed by atoms with E-state index in [1.54, 1.807) is 6.08 Å². The molecular formula is C22H27F3N2O5S. The number of sulfonamides is 1. The van der Waals surface area contributed by atoms with Gasteiger partial charge in [0.25, 0.3) is 0 Å². The molecule has 2 aliphatic heterocycles. The fourth-order valence-electron chi connectivity index (χ4n) is 4.62. The Morgan fingerprint density at radius 1 is 1.18 bits per heavy atom. The predicted molar refractivity (Wildman–Crippen MR) is 115 cm³/mol. The average molecular weight is 489 g/mol. The van der Waals surface area contributed by atoms with Crippen LogP contribution in [0.1, 0.15) is 18.6 Å². The second kappa shape index (κ2) is 9.27. The summed E-state index contributed by atoms with van der Waals surface area (Å²) in [6, 6.07) is 1.36. The number of halogens is 3. The van der Waals surface area contributed by atoms with Crippen molar-refractivity contribution < 1.29 is 30.7 Å². The van der Waals surface area contributed by atoms with E-state index < -0.39 is 21.8 Å². The van der Waals surface area contributed by atoms with Gasteiger partial charge in [-0.15, -0.1) is 0 Å². The van der Waals surface area contributed by atoms with Crippen LogP contribution in [0, 0.1) is 17.8 Å². The molecule has 1 aromatic rings. The molecule has 33 heavy (non-hydrogen) atoms. The Bertz CT molecular complexity index is 1090. The first-order valence-corrected chi connectivity index (χ1v) is 12.7. The third-order valence-electron chi connectivity index (χ3n) is 6.48. The summed E-state index contributed by atoms with van der Waals surface area (Å²) in [7, 11) is -3.19. The zero-order valence-electron chi connectivity index (χ0n) is 18.3. The van der Waals surface area contributed by atoms with Crippen LogP contribution in [0.5, 0.6) is 5.75 Å². The molecule has 182 valence electrons. The molecule has 0 spiro atoms. The lowest BCUT2D eigenvalue weighted by Crippen LogP contribution is -2.39. The van der Waals surface area contributed by atoms with Gasteiger partial charge in [-0.2, -0.15) is 13.2 Å². The molecule has 0 aromatic carbocycles. The van der Waals surface area contributed by atoms with Crippen molar-refractivity contribution in [3.05, 3.63) is 52.1 Å². The van der Waals surface area contributed by atoms with E-state index in [2.05, 4.69) is 0 Å². The summed E-state index contributed by atoms with van der Waals surface area (Å²) < 4.78 is 74.7. The highest BCUT2D eigenvalue weighted by Gasteiger charge is 2.39. The van der Waals surface area contributed by atoms with Crippen molar-refractivity contribution in [2.45, 2.75) is 25.6 Å². The molecule has 0 N–H and O–H groups in total. The molecule has 3 heterocycles. The van der Waals surface area contributed by atoms with Gasteiger partial charge in [-0.25, -0.2) is 12.7 Å². The second-order valence-electron chi connectivity index (χ2n) is 8.99. The molecule has 2 atom stereocenters. The van der Waals surface area contributed by atoms with Crippen molar-refractivity contribution in [2.75, 3.05) is 39.0 Å². The lowest BCUT2D eigenvalue weighted by molar-refractivity contribution is -0.0890. The van der Waals surface area contributed by atoms with Crippen LogP contribution < -0.4 is 10.2 Å². The molecule has 11 heteroatoms. The number of nitrogens with zero attached hydrogens (tertiary/aromatic N) is 2. The number of allylic oxidation sites excluding steroid dienone is 2. The fourth-order valence-corrected chi connectivity index (χ4v) is 5.49. The smallest absolute Gasteiger partial charge is 0.416 e. The molecule has 4 rings (SSSR count). The fraction of sp³-hybridized carbons (Fsp3) is 0.591. The number of likely N-dealkylation sites (tertiary alicyclic amines) is 1. The monoisotopic (exact) mass is 488 g/mol. The first kappa shape index (κ1) is 24.0. The minimum Gasteiger partial charge on any atom is -0.486 e. The Morgan fingerprint density at radius 2 is 1.88 bits per heavy atom. The van der Waals surface area contributed by atoms with Crippen molar-refractivity contribution in [1.29, 1.82) is 0 Å². The zero-order valence-corrected chi connectivity index (χ0v) is 19.1. The summed E-state index contributed by atoms with van der Waals surface area (Å²) in [5, 5.41) is 0. The molecule has 0 saturated carbocycles. The predicted octanol–water partition coefficient (Wildman–Crippen LogP) is 2.80. The van der Waals surface area contributed by atoms with Gasteiger partial charge in [-0.3, -0.25) is 9.69 Å². The molecule has 1 aromatic heterocycles. The van der Waals surface area contributed by atoms with E-state index in [4.69, 9.17) is 9.15 Å². The molecular weight excluding hydrogens is 461 g/mol. The number of fused-ring (bicyclic) bond motifs is 1. The Balaban J connectivity index is 1.29. The third-order valence-corrected chi connectivity index (χ3v) is 7.78. The van der Waals surface area contributed by atoms with Crippen molar-refractivity contribution in [3.8, 4) is 5.75 Å². The van der Waals surface area contributed by atoms with Gasteiger partial charge in [-0.05, 0) is 30.6 Å². The van der Waals surface area contributed by atoms with Crippen LogP contribution >= 0.6 is 0 Å². The molecule has 0 amide bonds. The molecule has 2 fully saturated rings. The number of ether oxygens (including phenoxy) is 1. The van der Waals surface area contributed by atoms with Crippen molar-refractivity contribution in [1.82, 2.24) is 9.21 Å². The van der Waals surface area contributed by atoms with Crippen molar-refractivity contribution >= 4 is 10.0 Å². The Morgan fingerprint density at radius 3 is 2.52 bits per heavy atom. The molecule has 3 aliphatic rings. The van der Waals surface area contributed by atoms with Crippen LogP contribution in [-0.4, -0.2) is 62.8 Å². The van der Waals surface area contributed by atoms with Crippen LogP contribution in [-0.2, 0) is 16.6 Å². The van der Waals surface area contributed by atoms with E-state index in [0.29, 0.717) is 57.9 Å². The highest BCUT2D eigenvalue weighted by molar-refractivity contribution is 7.88. The standard InChI is InChI=1S/C22H27F3N2O5S/c1-33(29,30)27-6-4-15(5-7-27)13-32-21-14-31-19(9-20(21)28)12-26-10-16-2-3-18(22(23,24)25)8-17(16)11-26/h2-3,8-9,14-17H,4-7,10-13H2,1H3. The highest BCUT2D eigenvalue weighted by atomic mass is 32.2. The molecule has 0 radical (unpaired) electrons. The van der Waals surface area contributed by atoms with Crippen LogP contribution in [0.25, 0.3) is 0 Å². The summed E-state index contributed by atoms with van der Waals surface area (Å²) in [5.74, 6) is 0.476. The van der Waals surface area contributed by atoms with Crippen molar-refractivity contribution in [3.63, 3.8) is 0 Å². The van der Waals surface area contributed by atoms with E-state index in [1.807, 2.05) is 4.90 Å². The van der Waals surface area contributed by atoms with E-state index in [9.17, 15) is 26.4 Å². The van der Waals surface area contributed by atoms with Crippen LogP contribution in [0.2, 0.25) is 0 Å². The van der Waals surface area contributed by atoms with Gasteiger partial charge in [-0.1, -0.05) is 18.2 Å². The highest BCUT2D eigenvalue weighted by Crippen LogP contribution is 2.37. The summed E-state index contributed by atoms with van der Waals surface area (Å²) in [6.07, 6.45) is 3.48. The van der Waals surface area contributed by atoms with E-state index in [1.165, 1.54) is 29.0 Å². The normalized spacial score (nSPS) is 25.2. The second-order valence-corrected chi connectivity index (χ2v) is 11.0. The van der Waals surface area contributed by atoms with Gasteiger partial charge in [0.2, 0.25) is 21.2 Å². The van der Waals surface area contributed by atoms with Crippen LogP contribution in [0.3, 0.4) is 0 Å². The van der Waals surface area contributed by atoms with E-state index >= 15 is 0 Å². The first-order chi connectivity index (χ1) is 15.5. The van der Waals surface area contributed by atoms with Gasteiger partial charge < -0.3 is 9.15 Å². The summed E-state index contributed by atoms with van der Waals surface area (Å²) in [6.45, 7) is 2.56. The third kappa shape index (κ3) is 5.88. The molecule has 2 saturated heterocycles. The maximum Gasteiger partial charge on any atom is 0.416 e. The Hall–Kier alpha value is -2.11. The number of alkyl halides is 3. The number of piperidine rings is 1. The lowest BCUT2D eigenvalue weighted by Gasteiger charge is -2.29. The maximum atomic E-state index is 12.9. The Labute approximate surface area is 190 Å². The summed E-state index contributed by atoms with van der Waals surface area (Å²) >= 11 is 0. The van der Waals surface area contributed by atoms with Gasteiger partial charge in [0, 0.05) is 32.2 Å². The molecule has 1 aliphatic carbocycles. The SMILES string of the molecule is CS(=O)(=O)N1CCC(COc2coc(CN3CC4C=CC(C(F)(F)F)=CC4C3)cc2=O)CC1. The number of rotatable bonds is 6. The summed E-state index contributed by atoms with van der Waals surface area (Å²) in [5.41, 5.74) is -0.929. The number of hydrogen-bond acceptors (Lipinski definition) is 6. The van der Waals surface area contributed by atoms with Gasteiger partial charge >= 0.3 is 6.18 Å². The lowest BCUT2D eigenvalue weighted by atomic mass is 9.88. The molecule has 7 nitrogen and oxygen atoms in total. The van der Waals surface area contributed by atoms with E-state index in [-0.39, 0.29) is 28.9 Å². The van der Waals surface area contributed by atoms with Gasteiger partial charge in [0.15, 0.2) is 0 Å². The quantitative estimate of drug-likeness (QED) is 0.613. The average Bonchev–Trinajstić information content (AvgIpc) is 3.13. The summed E-state index contributed by atoms with van der Waals surface area (Å²) in [4.78, 5) is 14.4.